The lowest BCUT2D eigenvalue weighted by Crippen LogP contribution is -2.48. The molecular weight excluding hydrogens is 332 g/mol. The Balaban J connectivity index is 1.51. The van der Waals surface area contributed by atoms with Gasteiger partial charge in [0.1, 0.15) is 0 Å². The molecule has 1 aliphatic carbocycles. The van der Waals surface area contributed by atoms with Crippen LogP contribution in [0.1, 0.15) is 41.8 Å². The molecule has 4 heterocycles. The van der Waals surface area contributed by atoms with Crippen molar-refractivity contribution in [2.75, 3.05) is 19.6 Å². The molecule has 1 saturated carbocycles. The van der Waals surface area contributed by atoms with E-state index in [2.05, 4.69) is 0 Å². The van der Waals surface area contributed by atoms with Crippen molar-refractivity contribution in [3.63, 3.8) is 0 Å². The van der Waals surface area contributed by atoms with Crippen LogP contribution in [-0.4, -0.2) is 47.3 Å². The first-order valence-corrected chi connectivity index (χ1v) is 9.66. The summed E-state index contributed by atoms with van der Waals surface area (Å²) in [5, 5.41) is 0. The van der Waals surface area contributed by atoms with Gasteiger partial charge >= 0.3 is 0 Å². The molecule has 0 aromatic carbocycles. The number of carbonyl (C=O) groups is 2. The molecule has 3 aliphatic heterocycles. The minimum atomic E-state index is 0.0783. The number of hydrogen-bond donors (Lipinski definition) is 0. The summed E-state index contributed by atoms with van der Waals surface area (Å²) < 4.78 is 0.648. The Labute approximate surface area is 145 Å². The van der Waals surface area contributed by atoms with E-state index in [1.165, 1.54) is 17.8 Å². The molecule has 1 aromatic rings. The van der Waals surface area contributed by atoms with Crippen molar-refractivity contribution in [2.45, 2.75) is 38.1 Å². The molecule has 6 heteroatoms. The lowest BCUT2D eigenvalue weighted by Gasteiger charge is -2.36. The van der Waals surface area contributed by atoms with Crippen molar-refractivity contribution in [1.82, 2.24) is 9.80 Å². The lowest BCUT2D eigenvalue weighted by molar-refractivity contribution is -0.138. The maximum Gasteiger partial charge on any atom is 0.264 e. The highest BCUT2D eigenvalue weighted by atomic mass is 35.5. The van der Waals surface area contributed by atoms with E-state index >= 15 is 0 Å². The normalized spacial score (nSPS) is 27.7. The number of hydrogen-bond acceptors (Lipinski definition) is 3. The van der Waals surface area contributed by atoms with Gasteiger partial charge in [-0.2, -0.15) is 0 Å². The molecule has 4 nitrogen and oxygen atoms in total. The molecule has 5 rings (SSSR count). The Bertz CT molecular complexity index is 628. The minimum absolute atomic E-state index is 0.0783. The summed E-state index contributed by atoms with van der Waals surface area (Å²) >= 11 is 7.31. The molecular formula is C17H21ClN2O2S. The van der Waals surface area contributed by atoms with Crippen LogP contribution in [0.25, 0.3) is 0 Å². The van der Waals surface area contributed by atoms with E-state index in [-0.39, 0.29) is 17.9 Å². The molecule has 0 N–H and O–H groups in total. The number of piperidine rings is 1. The summed E-state index contributed by atoms with van der Waals surface area (Å²) in [7, 11) is 0. The maximum absolute atomic E-state index is 12.8. The largest absolute Gasteiger partial charge is 0.340 e. The van der Waals surface area contributed by atoms with E-state index in [4.69, 9.17) is 11.6 Å². The highest BCUT2D eigenvalue weighted by Gasteiger charge is 2.41. The summed E-state index contributed by atoms with van der Waals surface area (Å²) in [4.78, 5) is 30.2. The predicted molar refractivity (Wildman–Crippen MR) is 90.8 cm³/mol. The molecule has 23 heavy (non-hydrogen) atoms. The van der Waals surface area contributed by atoms with Gasteiger partial charge < -0.3 is 9.80 Å². The molecule has 0 spiro atoms. The van der Waals surface area contributed by atoms with Gasteiger partial charge in [-0.3, -0.25) is 9.59 Å². The van der Waals surface area contributed by atoms with E-state index in [1.54, 1.807) is 6.07 Å². The number of thiophene rings is 1. The number of halogens is 1. The topological polar surface area (TPSA) is 40.6 Å². The van der Waals surface area contributed by atoms with Crippen molar-refractivity contribution >= 4 is 34.8 Å². The third kappa shape index (κ3) is 2.89. The Hall–Kier alpha value is -1.07. The van der Waals surface area contributed by atoms with Gasteiger partial charge in [0, 0.05) is 31.6 Å². The van der Waals surface area contributed by atoms with Gasteiger partial charge in [-0.25, -0.2) is 0 Å². The highest BCUT2D eigenvalue weighted by Crippen LogP contribution is 2.34. The van der Waals surface area contributed by atoms with Gasteiger partial charge in [0.05, 0.1) is 9.21 Å². The summed E-state index contributed by atoms with van der Waals surface area (Å²) in [5.74, 6) is 1.06. The number of fused-ring (bicyclic) bond motifs is 4. The second-order valence-corrected chi connectivity index (χ2v) is 8.74. The Morgan fingerprint density at radius 3 is 2.57 bits per heavy atom. The molecule has 0 unspecified atom stereocenters. The van der Waals surface area contributed by atoms with Gasteiger partial charge in [-0.05, 0) is 43.7 Å². The first-order chi connectivity index (χ1) is 11.1. The SMILES string of the molecule is O=C(C1CCC1)N1C[C@@H]2CC[C@H](C1)N(C(=O)c1ccc(Cl)s1)C2. The smallest absolute Gasteiger partial charge is 0.264 e. The van der Waals surface area contributed by atoms with Gasteiger partial charge in [0.15, 0.2) is 0 Å². The molecule has 3 saturated heterocycles. The minimum Gasteiger partial charge on any atom is -0.340 e. The standard InChI is InChI=1S/C17H21ClN2O2S/c18-15-7-6-14(23-15)17(22)20-9-11-4-5-13(20)10-19(8-11)16(21)12-2-1-3-12/h6-7,11-13H,1-5,8-10H2/t11-,13+/m0/s1. The average molecular weight is 353 g/mol. The van der Waals surface area contributed by atoms with E-state index in [1.807, 2.05) is 15.9 Å². The highest BCUT2D eigenvalue weighted by molar-refractivity contribution is 7.17. The van der Waals surface area contributed by atoms with Crippen molar-refractivity contribution in [3.8, 4) is 0 Å². The van der Waals surface area contributed by atoms with Crippen molar-refractivity contribution in [3.05, 3.63) is 21.3 Å². The zero-order valence-corrected chi connectivity index (χ0v) is 14.6. The summed E-state index contributed by atoms with van der Waals surface area (Å²) in [6.07, 6.45) is 5.39. The molecule has 2 atom stereocenters. The number of nitrogens with zero attached hydrogens (tertiary/aromatic N) is 2. The molecule has 2 bridgehead atoms. The monoisotopic (exact) mass is 352 g/mol. The first kappa shape index (κ1) is 15.5. The van der Waals surface area contributed by atoms with E-state index < -0.39 is 0 Å². The van der Waals surface area contributed by atoms with Crippen molar-refractivity contribution in [1.29, 1.82) is 0 Å². The van der Waals surface area contributed by atoms with Crippen LogP contribution in [0.2, 0.25) is 4.34 Å². The maximum atomic E-state index is 12.8. The van der Waals surface area contributed by atoms with Gasteiger partial charge in [0.25, 0.3) is 5.91 Å². The lowest BCUT2D eigenvalue weighted by atomic mass is 9.84. The van der Waals surface area contributed by atoms with E-state index in [0.29, 0.717) is 27.6 Å². The van der Waals surface area contributed by atoms with Gasteiger partial charge in [-0.15, -0.1) is 11.3 Å². The number of rotatable bonds is 2. The summed E-state index contributed by atoms with van der Waals surface area (Å²) in [5.41, 5.74) is 0. The Kier molecular flexibility index (Phi) is 4.10. The molecule has 2 amide bonds. The first-order valence-electron chi connectivity index (χ1n) is 8.47. The zero-order valence-electron chi connectivity index (χ0n) is 13.0. The van der Waals surface area contributed by atoms with E-state index in [0.717, 1.165) is 38.8 Å². The van der Waals surface area contributed by atoms with Crippen LogP contribution < -0.4 is 0 Å². The summed E-state index contributed by atoms with van der Waals surface area (Å²) in [6, 6.07) is 3.75. The fraction of sp³-hybridized carbons (Fsp3) is 0.647. The van der Waals surface area contributed by atoms with Crippen LogP contribution in [0.3, 0.4) is 0 Å². The van der Waals surface area contributed by atoms with Gasteiger partial charge in [-0.1, -0.05) is 18.0 Å². The fourth-order valence-corrected chi connectivity index (χ4v) is 4.99. The molecule has 1 aromatic heterocycles. The second kappa shape index (κ2) is 6.10. The predicted octanol–water partition coefficient (Wildman–Crippen LogP) is 3.26. The Morgan fingerprint density at radius 1 is 1.09 bits per heavy atom. The van der Waals surface area contributed by atoms with Gasteiger partial charge in [0.2, 0.25) is 5.91 Å². The molecule has 124 valence electrons. The third-order valence-electron chi connectivity index (χ3n) is 5.52. The van der Waals surface area contributed by atoms with Crippen LogP contribution >= 0.6 is 22.9 Å². The van der Waals surface area contributed by atoms with Crippen LogP contribution in [0.4, 0.5) is 0 Å². The van der Waals surface area contributed by atoms with Crippen molar-refractivity contribution in [2.24, 2.45) is 11.8 Å². The fourth-order valence-electron chi connectivity index (χ4n) is 3.99. The quantitative estimate of drug-likeness (QED) is 0.819. The Morgan fingerprint density at radius 2 is 1.91 bits per heavy atom. The third-order valence-corrected chi connectivity index (χ3v) is 6.74. The average Bonchev–Trinajstić information content (AvgIpc) is 2.72. The van der Waals surface area contributed by atoms with Crippen LogP contribution in [0.15, 0.2) is 12.1 Å². The molecule has 4 fully saturated rings. The van der Waals surface area contributed by atoms with Crippen molar-refractivity contribution < 1.29 is 9.59 Å². The number of carbonyl (C=O) groups excluding carboxylic acids is 2. The molecule has 0 radical (unpaired) electrons. The second-order valence-electron chi connectivity index (χ2n) is 7.03. The van der Waals surface area contributed by atoms with Crippen LogP contribution in [-0.2, 0) is 4.79 Å². The van der Waals surface area contributed by atoms with Crippen LogP contribution in [0, 0.1) is 11.8 Å². The van der Waals surface area contributed by atoms with Crippen LogP contribution in [0.5, 0.6) is 0 Å². The van der Waals surface area contributed by atoms with E-state index in [9.17, 15) is 9.59 Å². The zero-order chi connectivity index (χ0) is 16.0. The summed E-state index contributed by atoms with van der Waals surface area (Å²) in [6.45, 7) is 2.30. The number of amides is 2. The molecule has 4 aliphatic rings.